The van der Waals surface area contributed by atoms with Crippen LogP contribution in [0.3, 0.4) is 0 Å². The molecule has 0 unspecified atom stereocenters. The third-order valence-electron chi connectivity index (χ3n) is 9.71. The number of nitrogens with zero attached hydrogens (tertiary/aromatic N) is 1. The maximum absolute atomic E-state index is 7.46. The molecule has 0 saturated carbocycles. The van der Waals surface area contributed by atoms with E-state index in [1.54, 1.807) is 14.2 Å². The molecule has 6 aromatic carbocycles. The average molecular weight is 616 g/mol. The predicted octanol–water partition coefficient (Wildman–Crippen LogP) is 10.4. The van der Waals surface area contributed by atoms with E-state index in [0.29, 0.717) is 0 Å². The topological polar surface area (TPSA) is 32.6 Å². The summed E-state index contributed by atoms with van der Waals surface area (Å²) in [5.41, 5.74) is 8.42. The molecule has 47 heavy (non-hydrogen) atoms. The minimum Gasteiger partial charge on any atom is -0.497 e. The molecule has 0 spiro atoms. The second-order valence-electron chi connectivity index (χ2n) is 12.2. The fourth-order valence-corrected chi connectivity index (χ4v) is 7.28. The van der Waals surface area contributed by atoms with Crippen molar-refractivity contribution in [2.75, 3.05) is 14.2 Å². The molecule has 7 aromatic rings. The Labute approximate surface area is 275 Å². The van der Waals surface area contributed by atoms with Gasteiger partial charge in [-0.15, -0.1) is 0 Å². The SMILES string of the molecule is CCc1cc(CC)cc(-n2c3ccccc3c3c4ccccc4c4c(c32)C=CC(c2ccc(OC)cc2)(c2ccc(OC)cc2)O4)c1. The smallest absolute Gasteiger partial charge is 0.178 e. The summed E-state index contributed by atoms with van der Waals surface area (Å²) in [4.78, 5) is 0. The van der Waals surface area contributed by atoms with Crippen LogP contribution in [0, 0.1) is 0 Å². The number of fused-ring (bicyclic) bond motifs is 8. The Morgan fingerprint density at radius 2 is 1.19 bits per heavy atom. The molecule has 0 fully saturated rings. The molecule has 1 aliphatic heterocycles. The number of aromatic nitrogens is 1. The third-order valence-corrected chi connectivity index (χ3v) is 9.71. The largest absolute Gasteiger partial charge is 0.497 e. The van der Waals surface area contributed by atoms with Gasteiger partial charge in [0.2, 0.25) is 0 Å². The monoisotopic (exact) mass is 615 g/mol. The molecule has 4 nitrogen and oxygen atoms in total. The van der Waals surface area contributed by atoms with Gasteiger partial charge in [-0.3, -0.25) is 0 Å². The van der Waals surface area contributed by atoms with E-state index in [4.69, 9.17) is 14.2 Å². The van der Waals surface area contributed by atoms with Gasteiger partial charge in [0.1, 0.15) is 17.2 Å². The second-order valence-corrected chi connectivity index (χ2v) is 12.2. The quantitative estimate of drug-likeness (QED) is 0.179. The van der Waals surface area contributed by atoms with Crippen LogP contribution in [-0.2, 0) is 18.4 Å². The van der Waals surface area contributed by atoms with Crippen LogP contribution >= 0.6 is 0 Å². The minimum absolute atomic E-state index is 0.802. The van der Waals surface area contributed by atoms with Gasteiger partial charge in [0.05, 0.1) is 25.3 Å². The van der Waals surface area contributed by atoms with Gasteiger partial charge in [-0.2, -0.15) is 0 Å². The lowest BCUT2D eigenvalue weighted by molar-refractivity contribution is 0.163. The standard InChI is InChI=1S/C43H37NO3/c1-5-28-25-29(6-2)27-32(26-28)44-39-14-10-9-13-37(39)40-35-11-7-8-12-36(35)42-38(41(40)44)23-24-43(47-42,30-15-19-33(45-3)20-16-30)31-17-21-34(46-4)22-18-31/h7-27H,5-6H2,1-4H3. The molecule has 0 radical (unpaired) electrons. The normalized spacial score (nSPS) is 13.5. The first kappa shape index (κ1) is 29.0. The van der Waals surface area contributed by atoms with E-state index in [-0.39, 0.29) is 0 Å². The second kappa shape index (κ2) is 11.4. The van der Waals surface area contributed by atoms with Crippen LogP contribution in [0.15, 0.2) is 121 Å². The van der Waals surface area contributed by atoms with E-state index < -0.39 is 5.60 Å². The molecule has 1 aromatic heterocycles. The molecular formula is C43H37NO3. The van der Waals surface area contributed by atoms with Crippen molar-refractivity contribution in [3.63, 3.8) is 0 Å². The van der Waals surface area contributed by atoms with Crippen LogP contribution in [0.25, 0.3) is 44.3 Å². The lowest BCUT2D eigenvalue weighted by Crippen LogP contribution is -2.34. The maximum atomic E-state index is 7.46. The van der Waals surface area contributed by atoms with Crippen molar-refractivity contribution in [2.24, 2.45) is 0 Å². The molecule has 2 heterocycles. The van der Waals surface area contributed by atoms with E-state index in [1.807, 2.05) is 24.3 Å². The van der Waals surface area contributed by atoms with Crippen LogP contribution in [-0.4, -0.2) is 18.8 Å². The first-order valence-electron chi connectivity index (χ1n) is 16.4. The zero-order valence-electron chi connectivity index (χ0n) is 27.2. The van der Waals surface area contributed by atoms with Crippen molar-refractivity contribution in [1.82, 2.24) is 4.57 Å². The summed E-state index contributed by atoms with van der Waals surface area (Å²) in [6, 6.07) is 40.9. The summed E-state index contributed by atoms with van der Waals surface area (Å²) < 4.78 is 21.0. The lowest BCUT2D eigenvalue weighted by Gasteiger charge is -2.37. The fourth-order valence-electron chi connectivity index (χ4n) is 7.28. The van der Waals surface area contributed by atoms with E-state index in [1.165, 1.54) is 38.5 Å². The highest BCUT2D eigenvalue weighted by Crippen LogP contribution is 2.51. The summed E-state index contributed by atoms with van der Waals surface area (Å²) in [6.07, 6.45) is 6.46. The van der Waals surface area contributed by atoms with Gasteiger partial charge in [-0.1, -0.05) is 86.6 Å². The molecule has 0 bridgehead atoms. The van der Waals surface area contributed by atoms with Crippen molar-refractivity contribution in [3.05, 3.63) is 149 Å². The molecule has 1 aliphatic rings. The van der Waals surface area contributed by atoms with E-state index in [9.17, 15) is 0 Å². The summed E-state index contributed by atoms with van der Waals surface area (Å²) in [7, 11) is 3.38. The maximum Gasteiger partial charge on any atom is 0.178 e. The number of benzene rings is 6. The minimum atomic E-state index is -0.879. The van der Waals surface area contributed by atoms with Gasteiger partial charge >= 0.3 is 0 Å². The van der Waals surface area contributed by atoms with Crippen LogP contribution in [0.2, 0.25) is 0 Å². The number of aryl methyl sites for hydroxylation is 2. The van der Waals surface area contributed by atoms with Gasteiger partial charge in [0, 0.05) is 38.5 Å². The number of para-hydroxylation sites is 1. The number of methoxy groups -OCH3 is 2. The van der Waals surface area contributed by atoms with Gasteiger partial charge in [-0.25, -0.2) is 0 Å². The molecule has 8 rings (SSSR count). The zero-order valence-corrected chi connectivity index (χ0v) is 27.2. The Morgan fingerprint density at radius 3 is 1.77 bits per heavy atom. The molecular weight excluding hydrogens is 578 g/mol. The van der Waals surface area contributed by atoms with Crippen LogP contribution < -0.4 is 14.2 Å². The summed E-state index contributed by atoms with van der Waals surface area (Å²) in [5, 5.41) is 4.74. The highest BCUT2D eigenvalue weighted by Gasteiger charge is 2.39. The summed E-state index contributed by atoms with van der Waals surface area (Å²) in [5.74, 6) is 2.47. The third kappa shape index (κ3) is 4.51. The number of hydrogen-bond acceptors (Lipinski definition) is 3. The number of rotatable bonds is 7. The van der Waals surface area contributed by atoms with Crippen LogP contribution in [0.1, 0.15) is 41.7 Å². The Morgan fingerprint density at radius 1 is 0.638 bits per heavy atom. The molecule has 0 atom stereocenters. The lowest BCUT2D eigenvalue weighted by atomic mass is 9.82. The first-order valence-corrected chi connectivity index (χ1v) is 16.4. The van der Waals surface area contributed by atoms with E-state index >= 15 is 0 Å². The van der Waals surface area contributed by atoms with Crippen molar-refractivity contribution in [2.45, 2.75) is 32.3 Å². The fraction of sp³-hybridized carbons (Fsp3) is 0.163. The van der Waals surface area contributed by atoms with Crippen molar-refractivity contribution in [1.29, 1.82) is 0 Å². The molecule has 0 saturated heterocycles. The molecule has 0 amide bonds. The average Bonchev–Trinajstić information content (AvgIpc) is 3.50. The van der Waals surface area contributed by atoms with E-state index in [2.05, 4.69) is 122 Å². The predicted molar refractivity (Wildman–Crippen MR) is 193 cm³/mol. The molecule has 4 heteroatoms. The van der Waals surface area contributed by atoms with Crippen LogP contribution in [0.4, 0.5) is 0 Å². The van der Waals surface area contributed by atoms with Crippen molar-refractivity contribution in [3.8, 4) is 22.9 Å². The Hall–Kier alpha value is -5.48. The van der Waals surface area contributed by atoms with E-state index in [0.717, 1.165) is 57.7 Å². The summed E-state index contributed by atoms with van der Waals surface area (Å²) in [6.45, 7) is 4.46. The highest BCUT2D eigenvalue weighted by atomic mass is 16.5. The Kier molecular flexibility index (Phi) is 7.02. The zero-order chi connectivity index (χ0) is 32.1. The van der Waals surface area contributed by atoms with Gasteiger partial charge in [0.15, 0.2) is 5.60 Å². The van der Waals surface area contributed by atoms with Gasteiger partial charge in [0.25, 0.3) is 0 Å². The van der Waals surface area contributed by atoms with Crippen LogP contribution in [0.5, 0.6) is 17.2 Å². The number of ether oxygens (including phenoxy) is 3. The summed E-state index contributed by atoms with van der Waals surface area (Å²) >= 11 is 0. The Bertz CT molecular complexity index is 2240. The first-order chi connectivity index (χ1) is 23.1. The Balaban J connectivity index is 1.48. The van der Waals surface area contributed by atoms with Crippen molar-refractivity contribution >= 4 is 38.7 Å². The van der Waals surface area contributed by atoms with Gasteiger partial charge < -0.3 is 18.8 Å². The number of hydrogen-bond donors (Lipinski definition) is 0. The molecule has 0 aliphatic carbocycles. The van der Waals surface area contributed by atoms with Crippen molar-refractivity contribution < 1.29 is 14.2 Å². The molecule has 0 N–H and O–H groups in total. The van der Waals surface area contributed by atoms with Gasteiger partial charge in [-0.05, 0) is 84.0 Å². The molecule has 232 valence electrons. The highest BCUT2D eigenvalue weighted by molar-refractivity contribution is 6.25.